The van der Waals surface area contributed by atoms with Crippen LogP contribution in [0.2, 0.25) is 0 Å². The van der Waals surface area contributed by atoms with Gasteiger partial charge in [0.1, 0.15) is 0 Å². The van der Waals surface area contributed by atoms with Crippen LogP contribution in [0.1, 0.15) is 5.56 Å². The summed E-state index contributed by atoms with van der Waals surface area (Å²) in [4.78, 5) is 4.04. The van der Waals surface area contributed by atoms with Crippen molar-refractivity contribution in [2.45, 2.75) is 6.54 Å². The first kappa shape index (κ1) is 13.5. The Morgan fingerprint density at radius 2 is 1.52 bits per heavy atom. The van der Waals surface area contributed by atoms with Crippen molar-refractivity contribution < 1.29 is 4.42 Å². The highest BCUT2D eigenvalue weighted by molar-refractivity contribution is 5.57. The summed E-state index contributed by atoms with van der Waals surface area (Å²) in [7, 11) is 0. The molecule has 0 fully saturated rings. The lowest BCUT2D eigenvalue weighted by molar-refractivity contribution is 0.584. The lowest BCUT2D eigenvalue weighted by Gasteiger charge is -2.03. The summed E-state index contributed by atoms with van der Waals surface area (Å²) in [6.45, 7) is 0.791. The van der Waals surface area contributed by atoms with Crippen molar-refractivity contribution in [2.75, 3.05) is 0 Å². The lowest BCUT2D eigenvalue weighted by Crippen LogP contribution is -1.95. The first-order valence-electron chi connectivity index (χ1n) is 7.32. The van der Waals surface area contributed by atoms with E-state index in [1.54, 1.807) is 12.5 Å². The van der Waals surface area contributed by atoms with E-state index < -0.39 is 0 Å². The van der Waals surface area contributed by atoms with Gasteiger partial charge < -0.3 is 8.98 Å². The second-order valence-corrected chi connectivity index (χ2v) is 5.21. The Bertz CT molecular complexity index is 880. The molecule has 0 saturated heterocycles. The van der Waals surface area contributed by atoms with Crippen molar-refractivity contribution in [3.05, 3.63) is 78.9 Å². The normalized spacial score (nSPS) is 10.8. The maximum Gasteiger partial charge on any atom is 0.248 e. The summed E-state index contributed by atoms with van der Waals surface area (Å²) in [5.41, 5.74) is 3.02. The van der Waals surface area contributed by atoms with E-state index in [2.05, 4.69) is 27.3 Å². The van der Waals surface area contributed by atoms with Crippen LogP contribution in [-0.4, -0.2) is 19.7 Å². The molecule has 5 nitrogen and oxygen atoms in total. The molecule has 2 heterocycles. The van der Waals surface area contributed by atoms with Crippen LogP contribution in [0.15, 0.2) is 77.7 Å². The molecule has 0 amide bonds. The van der Waals surface area contributed by atoms with Gasteiger partial charge in [0.15, 0.2) is 0 Å². The van der Waals surface area contributed by atoms with E-state index >= 15 is 0 Å². The monoisotopic (exact) mass is 302 g/mol. The van der Waals surface area contributed by atoms with Crippen LogP contribution in [0.25, 0.3) is 22.9 Å². The minimum absolute atomic E-state index is 0.526. The average molecular weight is 302 g/mol. The fourth-order valence-electron chi connectivity index (χ4n) is 2.38. The molecule has 0 bridgehead atoms. The topological polar surface area (TPSA) is 56.7 Å². The van der Waals surface area contributed by atoms with Gasteiger partial charge in [0, 0.05) is 30.1 Å². The van der Waals surface area contributed by atoms with Crippen LogP contribution in [0, 0.1) is 0 Å². The second-order valence-electron chi connectivity index (χ2n) is 5.21. The van der Waals surface area contributed by atoms with E-state index in [0.717, 1.165) is 17.7 Å². The van der Waals surface area contributed by atoms with Gasteiger partial charge >= 0.3 is 0 Å². The fraction of sp³-hybridized carbons (Fsp3) is 0.0556. The van der Waals surface area contributed by atoms with E-state index in [0.29, 0.717) is 11.8 Å². The van der Waals surface area contributed by atoms with Gasteiger partial charge in [-0.3, -0.25) is 0 Å². The summed E-state index contributed by atoms with van der Waals surface area (Å²) in [5, 5.41) is 8.25. The molecule has 0 aliphatic rings. The minimum Gasteiger partial charge on any atom is -0.416 e. The van der Waals surface area contributed by atoms with E-state index in [1.165, 1.54) is 5.56 Å². The molecule has 0 spiro atoms. The van der Waals surface area contributed by atoms with Crippen LogP contribution in [0.3, 0.4) is 0 Å². The SMILES string of the molecule is c1ccc(-c2nnc(-c3ccc(Cn4ccnc4)cc3)o2)cc1. The van der Waals surface area contributed by atoms with Crippen LogP contribution in [-0.2, 0) is 6.54 Å². The van der Waals surface area contributed by atoms with Crippen LogP contribution in [0.4, 0.5) is 0 Å². The third-order valence-corrected chi connectivity index (χ3v) is 3.57. The molecule has 0 aliphatic carbocycles. The average Bonchev–Trinajstić information content (AvgIpc) is 3.28. The number of hydrogen-bond donors (Lipinski definition) is 0. The molecule has 0 unspecified atom stereocenters. The van der Waals surface area contributed by atoms with E-state index in [4.69, 9.17) is 4.42 Å². The number of nitrogens with zero attached hydrogens (tertiary/aromatic N) is 4. The molecular formula is C18H14N4O. The van der Waals surface area contributed by atoms with Gasteiger partial charge in [-0.25, -0.2) is 4.98 Å². The lowest BCUT2D eigenvalue weighted by atomic mass is 10.1. The van der Waals surface area contributed by atoms with E-state index in [9.17, 15) is 0 Å². The highest BCUT2D eigenvalue weighted by atomic mass is 16.4. The summed E-state index contributed by atoms with van der Waals surface area (Å²) >= 11 is 0. The maximum absolute atomic E-state index is 5.76. The zero-order chi connectivity index (χ0) is 15.5. The van der Waals surface area contributed by atoms with Crippen molar-refractivity contribution in [3.63, 3.8) is 0 Å². The van der Waals surface area contributed by atoms with Crippen molar-refractivity contribution in [2.24, 2.45) is 0 Å². The smallest absolute Gasteiger partial charge is 0.248 e. The van der Waals surface area contributed by atoms with E-state index in [-0.39, 0.29) is 0 Å². The molecule has 4 aromatic rings. The number of rotatable bonds is 4. The third kappa shape index (κ3) is 2.89. The standard InChI is InChI=1S/C18H14N4O/c1-2-4-15(5-3-1)17-20-21-18(23-17)16-8-6-14(7-9-16)12-22-11-10-19-13-22/h1-11,13H,12H2. The minimum atomic E-state index is 0.526. The molecule has 0 aliphatic heterocycles. The number of benzene rings is 2. The molecule has 0 N–H and O–H groups in total. The Kier molecular flexibility index (Phi) is 3.44. The molecule has 112 valence electrons. The summed E-state index contributed by atoms with van der Waals surface area (Å²) in [6, 6.07) is 17.9. The highest BCUT2D eigenvalue weighted by Gasteiger charge is 2.10. The maximum atomic E-state index is 5.76. The van der Waals surface area contributed by atoms with Crippen LogP contribution < -0.4 is 0 Å². The van der Waals surface area contributed by atoms with Crippen molar-refractivity contribution in [3.8, 4) is 22.9 Å². The first-order chi connectivity index (χ1) is 11.4. The molecular weight excluding hydrogens is 288 g/mol. The molecule has 2 aromatic carbocycles. The van der Waals surface area contributed by atoms with Gasteiger partial charge in [0.2, 0.25) is 11.8 Å². The molecule has 0 radical (unpaired) electrons. The summed E-state index contributed by atoms with van der Waals surface area (Å²) < 4.78 is 7.79. The van der Waals surface area contributed by atoms with Crippen molar-refractivity contribution >= 4 is 0 Å². The highest BCUT2D eigenvalue weighted by Crippen LogP contribution is 2.23. The Balaban J connectivity index is 1.55. The Labute approximate surface area is 133 Å². The van der Waals surface area contributed by atoms with Gasteiger partial charge in [-0.05, 0) is 29.8 Å². The predicted octanol–water partition coefficient (Wildman–Crippen LogP) is 3.65. The zero-order valence-corrected chi connectivity index (χ0v) is 12.3. The van der Waals surface area contributed by atoms with Crippen molar-refractivity contribution in [1.29, 1.82) is 0 Å². The summed E-state index contributed by atoms with van der Waals surface area (Å²) in [5.74, 6) is 1.06. The van der Waals surface area contributed by atoms with E-state index in [1.807, 2.05) is 53.2 Å². The number of hydrogen-bond acceptors (Lipinski definition) is 4. The molecule has 0 saturated carbocycles. The molecule has 5 heteroatoms. The largest absolute Gasteiger partial charge is 0.416 e. The molecule has 4 rings (SSSR count). The van der Waals surface area contributed by atoms with Gasteiger partial charge in [-0.2, -0.15) is 0 Å². The van der Waals surface area contributed by atoms with Crippen LogP contribution >= 0.6 is 0 Å². The predicted molar refractivity (Wildman–Crippen MR) is 86.5 cm³/mol. The van der Waals surface area contributed by atoms with Gasteiger partial charge in [0.05, 0.1) is 6.33 Å². The summed E-state index contributed by atoms with van der Waals surface area (Å²) in [6.07, 6.45) is 5.52. The van der Waals surface area contributed by atoms with Gasteiger partial charge in [-0.15, -0.1) is 10.2 Å². The van der Waals surface area contributed by atoms with Gasteiger partial charge in [0.25, 0.3) is 0 Å². The quantitative estimate of drug-likeness (QED) is 0.577. The van der Waals surface area contributed by atoms with Gasteiger partial charge in [-0.1, -0.05) is 30.3 Å². The van der Waals surface area contributed by atoms with Crippen LogP contribution in [0.5, 0.6) is 0 Å². The Hall–Kier alpha value is -3.21. The number of aromatic nitrogens is 4. The molecule has 23 heavy (non-hydrogen) atoms. The fourth-order valence-corrected chi connectivity index (χ4v) is 2.38. The Morgan fingerprint density at radius 3 is 2.17 bits per heavy atom. The second kappa shape index (κ2) is 5.88. The first-order valence-corrected chi connectivity index (χ1v) is 7.32. The number of imidazole rings is 1. The Morgan fingerprint density at radius 1 is 0.826 bits per heavy atom. The molecule has 2 aromatic heterocycles. The zero-order valence-electron chi connectivity index (χ0n) is 12.3. The molecule has 0 atom stereocenters. The third-order valence-electron chi connectivity index (χ3n) is 3.57. The van der Waals surface area contributed by atoms with Crippen molar-refractivity contribution in [1.82, 2.24) is 19.7 Å².